The van der Waals surface area contributed by atoms with Crippen LogP contribution in [0.2, 0.25) is 0 Å². The van der Waals surface area contributed by atoms with Gasteiger partial charge in [-0.2, -0.15) is 4.31 Å². The van der Waals surface area contributed by atoms with Crippen LogP contribution in [0.25, 0.3) is 0 Å². The molecule has 0 N–H and O–H groups in total. The van der Waals surface area contributed by atoms with Gasteiger partial charge in [0.2, 0.25) is 11.8 Å². The number of hydrogen-bond donors (Lipinski definition) is 0. The fraction of sp³-hybridized carbons (Fsp3) is 0.571. The summed E-state index contributed by atoms with van der Waals surface area (Å²) in [5.74, 6) is -0.330. The van der Waals surface area contributed by atoms with Crippen LogP contribution in [0.15, 0.2) is 16.3 Å². The first-order valence-corrected chi connectivity index (χ1v) is 9.73. The van der Waals surface area contributed by atoms with Crippen LogP contribution < -0.4 is 0 Å². The second-order valence-electron chi connectivity index (χ2n) is 5.73. The Morgan fingerprint density at radius 1 is 1.26 bits per heavy atom. The van der Waals surface area contributed by atoms with Crippen molar-refractivity contribution in [3.05, 3.63) is 17.0 Å². The molecule has 23 heavy (non-hydrogen) atoms. The predicted octanol–water partition coefficient (Wildman–Crippen LogP) is -0.0160. The number of nitrogens with zero attached hydrogens (tertiary/aromatic N) is 3. The van der Waals surface area contributed by atoms with Crippen LogP contribution >= 0.6 is 11.3 Å². The summed E-state index contributed by atoms with van der Waals surface area (Å²) in [6.07, 6.45) is 0.786. The lowest BCUT2D eigenvalue weighted by Gasteiger charge is -2.44. The van der Waals surface area contributed by atoms with Crippen LogP contribution in [-0.2, 0) is 26.0 Å². The number of carbonyl (C=O) groups excluding carboxylic acids is 2. The molecule has 7 nitrogen and oxygen atoms in total. The van der Waals surface area contributed by atoms with E-state index in [4.69, 9.17) is 0 Å². The van der Waals surface area contributed by atoms with Gasteiger partial charge in [-0.05, 0) is 18.6 Å². The quantitative estimate of drug-likeness (QED) is 0.762. The molecule has 2 saturated heterocycles. The number of amides is 2. The first-order chi connectivity index (χ1) is 10.8. The number of rotatable bonds is 3. The zero-order valence-electron chi connectivity index (χ0n) is 13.1. The molecule has 0 unspecified atom stereocenters. The molecular formula is C14H19N3O4S2. The van der Waals surface area contributed by atoms with Crippen LogP contribution in [0.1, 0.15) is 11.8 Å². The van der Waals surface area contributed by atoms with Crippen molar-refractivity contribution >= 4 is 33.2 Å². The van der Waals surface area contributed by atoms with Crippen molar-refractivity contribution in [3.63, 3.8) is 0 Å². The summed E-state index contributed by atoms with van der Waals surface area (Å²) in [6, 6.07) is 2.72. The van der Waals surface area contributed by atoms with Crippen LogP contribution in [0.5, 0.6) is 0 Å². The van der Waals surface area contributed by atoms with E-state index in [9.17, 15) is 18.0 Å². The van der Waals surface area contributed by atoms with Gasteiger partial charge in [-0.3, -0.25) is 9.59 Å². The Bertz CT molecular complexity index is 743. The van der Waals surface area contributed by atoms with Gasteiger partial charge in [-0.15, -0.1) is 11.3 Å². The van der Waals surface area contributed by atoms with E-state index in [1.165, 1.54) is 25.4 Å². The van der Waals surface area contributed by atoms with Crippen molar-refractivity contribution in [2.24, 2.45) is 0 Å². The number of piperazine rings is 2. The molecule has 0 radical (unpaired) electrons. The number of aryl methyl sites for hydroxylation is 1. The highest BCUT2D eigenvalue weighted by Crippen LogP contribution is 2.28. The zero-order valence-corrected chi connectivity index (χ0v) is 14.7. The Kier molecular flexibility index (Phi) is 4.19. The Morgan fingerprint density at radius 2 is 2.00 bits per heavy atom. The molecule has 3 heterocycles. The standard InChI is InChI=1S/C14H19N3O4S2/c1-3-10-4-5-13(22-10)23(20,21)16-6-7-17-11(8-16)14(19)15(2)9-12(17)18/h4-5,11H,3,6-9H2,1-2H3/t11-/m1/s1. The molecule has 0 bridgehead atoms. The maximum atomic E-state index is 12.8. The molecule has 2 fully saturated rings. The van der Waals surface area contributed by atoms with Crippen molar-refractivity contribution in [3.8, 4) is 0 Å². The molecule has 0 aliphatic carbocycles. The van der Waals surface area contributed by atoms with Crippen molar-refractivity contribution in [2.75, 3.05) is 33.2 Å². The van der Waals surface area contributed by atoms with Gasteiger partial charge < -0.3 is 9.80 Å². The van der Waals surface area contributed by atoms with E-state index in [0.29, 0.717) is 4.21 Å². The molecular weight excluding hydrogens is 338 g/mol. The fourth-order valence-electron chi connectivity index (χ4n) is 2.93. The normalized spacial score (nSPS) is 23.3. The summed E-state index contributed by atoms with van der Waals surface area (Å²) in [4.78, 5) is 28.2. The molecule has 2 aliphatic heterocycles. The van der Waals surface area contributed by atoms with Gasteiger partial charge in [0, 0.05) is 31.6 Å². The minimum absolute atomic E-state index is 0.0244. The molecule has 1 atom stereocenters. The molecule has 126 valence electrons. The van der Waals surface area contributed by atoms with Crippen molar-refractivity contribution < 1.29 is 18.0 Å². The average Bonchev–Trinajstić information content (AvgIpc) is 3.02. The molecule has 3 rings (SSSR count). The topological polar surface area (TPSA) is 78.0 Å². The molecule has 2 amide bonds. The van der Waals surface area contributed by atoms with Crippen molar-refractivity contribution in [1.82, 2.24) is 14.1 Å². The van der Waals surface area contributed by atoms with Crippen LogP contribution in [0.4, 0.5) is 0 Å². The number of hydrogen-bond acceptors (Lipinski definition) is 5. The summed E-state index contributed by atoms with van der Waals surface area (Å²) >= 11 is 1.26. The number of fused-ring (bicyclic) bond motifs is 1. The third-order valence-corrected chi connectivity index (χ3v) is 7.84. The smallest absolute Gasteiger partial charge is 0.252 e. The number of carbonyl (C=O) groups is 2. The summed E-state index contributed by atoms with van der Waals surface area (Å²) in [6.45, 7) is 2.54. The van der Waals surface area contributed by atoms with Gasteiger partial charge in [0.25, 0.3) is 10.0 Å². The van der Waals surface area contributed by atoms with Crippen LogP contribution in [0, 0.1) is 0 Å². The second-order valence-corrected chi connectivity index (χ2v) is 9.07. The highest BCUT2D eigenvalue weighted by atomic mass is 32.2. The third-order valence-electron chi connectivity index (χ3n) is 4.28. The molecule has 1 aromatic heterocycles. The summed E-state index contributed by atoms with van der Waals surface area (Å²) in [7, 11) is -2.05. The Morgan fingerprint density at radius 3 is 2.65 bits per heavy atom. The molecule has 2 aliphatic rings. The Hall–Kier alpha value is -1.45. The number of likely N-dealkylation sites (N-methyl/N-ethyl adjacent to an activating group) is 1. The summed E-state index contributed by atoms with van der Waals surface area (Å²) in [5.41, 5.74) is 0. The lowest BCUT2D eigenvalue weighted by atomic mass is 10.1. The average molecular weight is 357 g/mol. The van der Waals surface area contributed by atoms with E-state index in [-0.39, 0.29) is 38.0 Å². The van der Waals surface area contributed by atoms with Crippen molar-refractivity contribution in [1.29, 1.82) is 0 Å². The molecule has 0 aromatic carbocycles. The lowest BCUT2D eigenvalue weighted by molar-refractivity contribution is -0.156. The molecule has 0 saturated carbocycles. The minimum Gasteiger partial charge on any atom is -0.335 e. The maximum absolute atomic E-state index is 12.8. The highest BCUT2D eigenvalue weighted by molar-refractivity contribution is 7.91. The van der Waals surface area contributed by atoms with Gasteiger partial charge in [0.15, 0.2) is 0 Å². The van der Waals surface area contributed by atoms with E-state index in [1.807, 2.05) is 13.0 Å². The first-order valence-electron chi connectivity index (χ1n) is 7.48. The zero-order chi connectivity index (χ0) is 16.8. The van der Waals surface area contributed by atoms with Gasteiger partial charge in [0.05, 0.1) is 6.54 Å². The molecule has 9 heteroatoms. The SMILES string of the molecule is CCc1ccc(S(=O)(=O)N2CCN3C(=O)CN(C)C(=O)[C@H]3C2)s1. The van der Waals surface area contributed by atoms with Gasteiger partial charge >= 0.3 is 0 Å². The van der Waals surface area contributed by atoms with Crippen LogP contribution in [-0.4, -0.2) is 73.6 Å². The number of sulfonamides is 1. The fourth-order valence-corrected chi connectivity index (χ4v) is 5.81. The monoisotopic (exact) mass is 357 g/mol. The lowest BCUT2D eigenvalue weighted by Crippen LogP contribution is -2.66. The Balaban J connectivity index is 1.85. The summed E-state index contributed by atoms with van der Waals surface area (Å²) in [5, 5.41) is 0. The third kappa shape index (κ3) is 2.77. The predicted molar refractivity (Wildman–Crippen MR) is 85.6 cm³/mol. The van der Waals surface area contributed by atoms with Crippen molar-refractivity contribution in [2.45, 2.75) is 23.6 Å². The molecule has 1 aromatic rings. The second kappa shape index (κ2) is 5.88. The minimum atomic E-state index is -3.62. The first kappa shape index (κ1) is 16.4. The van der Waals surface area contributed by atoms with E-state index in [1.54, 1.807) is 13.1 Å². The van der Waals surface area contributed by atoms with Gasteiger partial charge in [-0.1, -0.05) is 6.92 Å². The van der Waals surface area contributed by atoms with Gasteiger partial charge in [0.1, 0.15) is 10.3 Å². The maximum Gasteiger partial charge on any atom is 0.252 e. The number of thiophene rings is 1. The largest absolute Gasteiger partial charge is 0.335 e. The highest BCUT2D eigenvalue weighted by Gasteiger charge is 2.44. The van der Waals surface area contributed by atoms with Gasteiger partial charge in [-0.25, -0.2) is 8.42 Å². The Labute approximate surface area is 139 Å². The van der Waals surface area contributed by atoms with E-state index in [0.717, 1.165) is 11.3 Å². The van der Waals surface area contributed by atoms with Crippen LogP contribution in [0.3, 0.4) is 0 Å². The molecule has 0 spiro atoms. The summed E-state index contributed by atoms with van der Waals surface area (Å²) < 4.78 is 27.2. The van der Waals surface area contributed by atoms with E-state index < -0.39 is 16.1 Å². The van der Waals surface area contributed by atoms with E-state index >= 15 is 0 Å². The van der Waals surface area contributed by atoms with E-state index in [2.05, 4.69) is 0 Å².